The Morgan fingerprint density at radius 1 is 0.848 bits per heavy atom. The largest absolute Gasteiger partial charge is 0.354 e. The van der Waals surface area contributed by atoms with Crippen molar-refractivity contribution < 1.29 is 0 Å². The number of aromatic nitrogens is 1. The Kier molecular flexibility index (Phi) is 5.27. The number of nitrogens with one attached hydrogen (secondary N) is 1. The molecule has 0 amide bonds. The number of allylic oxidation sites excluding steroid dienone is 1. The van der Waals surface area contributed by atoms with E-state index in [1.165, 1.54) is 16.2 Å². The fourth-order valence-corrected chi connectivity index (χ4v) is 4.38. The molecule has 162 valence electrons. The number of benzene rings is 4. The molecule has 0 radical (unpaired) electrons. The first-order valence-corrected chi connectivity index (χ1v) is 11.2. The molecule has 4 aromatic carbocycles. The number of para-hydroxylation sites is 1. The Bertz CT molecular complexity index is 1600. The van der Waals surface area contributed by atoms with Gasteiger partial charge in [-0.3, -0.25) is 4.57 Å². The van der Waals surface area contributed by atoms with E-state index in [2.05, 4.69) is 77.6 Å². The fourth-order valence-electron chi connectivity index (χ4n) is 4.20. The Morgan fingerprint density at radius 3 is 2.39 bits per heavy atom. The summed E-state index contributed by atoms with van der Waals surface area (Å²) in [7, 11) is 0. The number of anilines is 2. The lowest BCUT2D eigenvalue weighted by Crippen LogP contribution is -1.99. The maximum absolute atomic E-state index is 6.38. The van der Waals surface area contributed by atoms with E-state index < -0.39 is 0 Å². The minimum Gasteiger partial charge on any atom is -0.354 e. The van der Waals surface area contributed by atoms with E-state index in [9.17, 15) is 0 Å². The summed E-state index contributed by atoms with van der Waals surface area (Å²) < 4.78 is 2.13. The maximum atomic E-state index is 6.38. The third kappa shape index (κ3) is 3.71. The smallest absolute Gasteiger partial charge is 0.130 e. The molecule has 0 aliphatic carbocycles. The molecule has 0 saturated carbocycles. The van der Waals surface area contributed by atoms with Crippen LogP contribution < -0.4 is 5.32 Å². The van der Waals surface area contributed by atoms with Gasteiger partial charge in [-0.2, -0.15) is 0 Å². The van der Waals surface area contributed by atoms with E-state index in [0.29, 0.717) is 10.8 Å². The van der Waals surface area contributed by atoms with Crippen LogP contribution in [0.5, 0.6) is 0 Å². The lowest BCUT2D eigenvalue weighted by atomic mass is 10.0. The Hall–Kier alpha value is -3.82. The van der Waals surface area contributed by atoms with Gasteiger partial charge >= 0.3 is 0 Å². The predicted molar refractivity (Wildman–Crippen MR) is 145 cm³/mol. The third-order valence-electron chi connectivity index (χ3n) is 5.98. The van der Waals surface area contributed by atoms with Crippen LogP contribution in [0.3, 0.4) is 0 Å². The highest BCUT2D eigenvalue weighted by molar-refractivity contribution is 6.33. The van der Waals surface area contributed by atoms with Crippen molar-refractivity contribution in [2.75, 3.05) is 5.32 Å². The SMILES string of the molecule is C=C(C)C(C)=NC(=C)n1c2cc(Nc3ccccc3Cl)ccc2c2c3ccccc3ccc21. The average Bonchev–Trinajstić information content (AvgIpc) is 3.14. The normalized spacial score (nSPS) is 11.9. The first-order valence-electron chi connectivity index (χ1n) is 10.8. The van der Waals surface area contributed by atoms with Crippen molar-refractivity contribution >= 4 is 67.1 Å². The van der Waals surface area contributed by atoms with Crippen molar-refractivity contribution in [1.29, 1.82) is 0 Å². The minimum atomic E-state index is 0.653. The van der Waals surface area contributed by atoms with Crippen LogP contribution in [0, 0.1) is 0 Å². The van der Waals surface area contributed by atoms with Gasteiger partial charge in [-0.25, -0.2) is 4.99 Å². The van der Waals surface area contributed by atoms with Gasteiger partial charge in [0.25, 0.3) is 0 Å². The lowest BCUT2D eigenvalue weighted by Gasteiger charge is -2.11. The summed E-state index contributed by atoms with van der Waals surface area (Å²) in [5, 5.41) is 8.87. The molecule has 0 spiro atoms. The number of fused-ring (bicyclic) bond motifs is 5. The third-order valence-corrected chi connectivity index (χ3v) is 6.31. The van der Waals surface area contributed by atoms with Crippen molar-refractivity contribution in [3.8, 4) is 0 Å². The molecule has 5 aromatic rings. The molecule has 1 heterocycles. The molecular weight excluding hydrogens is 426 g/mol. The molecule has 1 aromatic heterocycles. The molecule has 33 heavy (non-hydrogen) atoms. The Morgan fingerprint density at radius 2 is 1.61 bits per heavy atom. The molecule has 0 bridgehead atoms. The van der Waals surface area contributed by atoms with Crippen LogP contribution in [-0.4, -0.2) is 10.3 Å². The Labute approximate surface area is 198 Å². The molecule has 1 N–H and O–H groups in total. The summed E-state index contributed by atoms with van der Waals surface area (Å²) in [6, 6.07) is 26.9. The van der Waals surface area contributed by atoms with Gasteiger partial charge in [0, 0.05) is 22.2 Å². The van der Waals surface area contributed by atoms with E-state index in [0.717, 1.165) is 39.1 Å². The zero-order chi connectivity index (χ0) is 23.1. The van der Waals surface area contributed by atoms with Crippen molar-refractivity contribution in [3.05, 3.63) is 103 Å². The predicted octanol–water partition coefficient (Wildman–Crippen LogP) is 8.81. The summed E-state index contributed by atoms with van der Waals surface area (Å²) >= 11 is 6.38. The second kappa shape index (κ2) is 8.27. The topological polar surface area (TPSA) is 29.3 Å². The van der Waals surface area contributed by atoms with Crippen LogP contribution in [0.2, 0.25) is 5.02 Å². The number of hydrogen-bond donors (Lipinski definition) is 1. The van der Waals surface area contributed by atoms with E-state index in [1.54, 1.807) is 0 Å². The van der Waals surface area contributed by atoms with Crippen LogP contribution in [0.15, 0.2) is 103 Å². The first kappa shape index (κ1) is 21.0. The molecule has 0 atom stereocenters. The first-order chi connectivity index (χ1) is 15.9. The zero-order valence-corrected chi connectivity index (χ0v) is 19.4. The molecule has 5 rings (SSSR count). The zero-order valence-electron chi connectivity index (χ0n) is 18.7. The summed E-state index contributed by atoms with van der Waals surface area (Å²) in [5.41, 5.74) is 5.69. The molecule has 4 heteroatoms. The van der Waals surface area contributed by atoms with Crippen LogP contribution in [0.4, 0.5) is 11.4 Å². The number of rotatable bonds is 5. The standard InChI is InChI=1S/C29H24ClN3/c1-18(2)19(3)31-20(4)33-27-16-13-21-9-5-6-10-23(21)29(27)24-15-14-22(17-28(24)33)32-26-12-8-7-11-25(26)30/h5-17,32H,1,4H2,2-3H3. The number of halogens is 1. The van der Waals surface area contributed by atoms with E-state index in [-0.39, 0.29) is 0 Å². The van der Waals surface area contributed by atoms with Gasteiger partial charge in [0.15, 0.2) is 0 Å². The van der Waals surface area contributed by atoms with Crippen molar-refractivity contribution in [2.45, 2.75) is 13.8 Å². The fraction of sp³-hybridized carbons (Fsp3) is 0.0690. The van der Waals surface area contributed by atoms with Crippen LogP contribution in [-0.2, 0) is 0 Å². The molecule has 0 fully saturated rings. The van der Waals surface area contributed by atoms with Crippen LogP contribution in [0.1, 0.15) is 13.8 Å². The van der Waals surface area contributed by atoms with Gasteiger partial charge in [0.1, 0.15) is 5.82 Å². The molecule has 0 aliphatic heterocycles. The van der Waals surface area contributed by atoms with Crippen molar-refractivity contribution in [1.82, 2.24) is 4.57 Å². The molecule has 0 aliphatic rings. The van der Waals surface area contributed by atoms with Gasteiger partial charge in [0.05, 0.1) is 21.7 Å². The van der Waals surface area contributed by atoms with Gasteiger partial charge < -0.3 is 5.32 Å². The molecule has 0 saturated heterocycles. The quantitative estimate of drug-likeness (QED) is 0.267. The number of nitrogens with zero attached hydrogens (tertiary/aromatic N) is 2. The molecule has 3 nitrogen and oxygen atoms in total. The molecule has 0 unspecified atom stereocenters. The summed E-state index contributed by atoms with van der Waals surface area (Å²) in [4.78, 5) is 4.77. The minimum absolute atomic E-state index is 0.653. The van der Waals surface area contributed by atoms with Crippen LogP contribution >= 0.6 is 11.6 Å². The highest BCUT2D eigenvalue weighted by Crippen LogP contribution is 2.38. The number of hydrogen-bond acceptors (Lipinski definition) is 2. The second-order valence-electron chi connectivity index (χ2n) is 8.25. The highest BCUT2D eigenvalue weighted by atomic mass is 35.5. The van der Waals surface area contributed by atoms with Gasteiger partial charge in [-0.05, 0) is 60.5 Å². The lowest BCUT2D eigenvalue weighted by molar-refractivity contribution is 1.18. The highest BCUT2D eigenvalue weighted by Gasteiger charge is 2.16. The summed E-state index contributed by atoms with van der Waals surface area (Å²) in [5.74, 6) is 0.653. The van der Waals surface area contributed by atoms with E-state index >= 15 is 0 Å². The maximum Gasteiger partial charge on any atom is 0.130 e. The monoisotopic (exact) mass is 449 g/mol. The summed E-state index contributed by atoms with van der Waals surface area (Å²) in [6.07, 6.45) is 0. The van der Waals surface area contributed by atoms with Crippen molar-refractivity contribution in [2.24, 2.45) is 4.99 Å². The van der Waals surface area contributed by atoms with Crippen molar-refractivity contribution in [3.63, 3.8) is 0 Å². The number of aliphatic imine (C=N–C) groups is 1. The van der Waals surface area contributed by atoms with E-state index in [1.807, 2.05) is 38.1 Å². The van der Waals surface area contributed by atoms with Crippen LogP contribution in [0.25, 0.3) is 38.4 Å². The Balaban J connectivity index is 1.79. The summed E-state index contributed by atoms with van der Waals surface area (Å²) in [6.45, 7) is 12.3. The van der Waals surface area contributed by atoms with Gasteiger partial charge in [-0.1, -0.05) is 73.3 Å². The molecular formula is C29H24ClN3. The van der Waals surface area contributed by atoms with Gasteiger partial charge in [0.2, 0.25) is 0 Å². The van der Waals surface area contributed by atoms with E-state index in [4.69, 9.17) is 16.6 Å². The average molecular weight is 450 g/mol. The van der Waals surface area contributed by atoms with Gasteiger partial charge in [-0.15, -0.1) is 0 Å². The second-order valence-corrected chi connectivity index (χ2v) is 8.65.